The third-order valence-electron chi connectivity index (χ3n) is 10.2. The number of hydrogen-bond acceptors (Lipinski definition) is 8. The molecule has 3 aliphatic rings. The highest BCUT2D eigenvalue weighted by Crippen LogP contribution is 3.38. The van der Waals surface area contributed by atoms with E-state index in [1.54, 1.807) is 6.33 Å². The minimum absolute atomic E-state index is 0.0331. The molecule has 3 aliphatic heterocycles. The van der Waals surface area contributed by atoms with Gasteiger partial charge in [0, 0.05) is 43.1 Å². The van der Waals surface area contributed by atoms with Crippen molar-refractivity contribution in [1.82, 2.24) is 24.6 Å². The quantitative estimate of drug-likeness (QED) is 0.103. The van der Waals surface area contributed by atoms with Gasteiger partial charge in [-0.3, -0.25) is 0 Å². The summed E-state index contributed by atoms with van der Waals surface area (Å²) in [5, 5.41) is 6.36. The zero-order valence-corrected chi connectivity index (χ0v) is 67.2. The lowest BCUT2D eigenvalue weighted by molar-refractivity contribution is 0.106. The third kappa shape index (κ3) is 16.9. The first-order valence-corrected chi connectivity index (χ1v) is 73.6. The van der Waals surface area contributed by atoms with Crippen molar-refractivity contribution in [3.05, 3.63) is 53.1 Å². The van der Waals surface area contributed by atoms with Crippen LogP contribution in [0.15, 0.2) is 30.6 Å². The van der Waals surface area contributed by atoms with Crippen molar-refractivity contribution in [3.8, 4) is 0 Å². The molecular weight excluding hydrogens is 1380 g/mol. The van der Waals surface area contributed by atoms with E-state index in [0.29, 0.717) is 6.61 Å². The maximum absolute atomic E-state index is 5.87. The van der Waals surface area contributed by atoms with Gasteiger partial charge in [0.25, 0.3) is 0 Å². The van der Waals surface area contributed by atoms with E-state index in [0.717, 1.165) is 98.3 Å². The van der Waals surface area contributed by atoms with E-state index in [1.807, 2.05) is 0 Å². The number of aryl methyl sites for hydroxylation is 1. The molecule has 17 unspecified atom stereocenters. The average Bonchev–Trinajstić information content (AvgIpc) is 3.68. The predicted molar refractivity (Wildman–Crippen MR) is 390 cm³/mol. The summed E-state index contributed by atoms with van der Waals surface area (Å²) in [5.74, 6) is 2.13. The Morgan fingerprint density at radius 2 is 1.17 bits per heavy atom. The molecule has 0 spiro atoms. The molecule has 0 amide bonds. The molecule has 7 rings (SSSR count). The molecular formula is C27H63N7O2P30. The molecule has 0 aliphatic carbocycles. The van der Waals surface area contributed by atoms with Gasteiger partial charge in [-0.25, -0.2) is 15.0 Å². The van der Waals surface area contributed by atoms with E-state index < -0.39 is 0 Å². The monoisotopic (exact) mass is 1450 g/mol. The number of ether oxygens (including phenoxy) is 2. The number of benzene rings is 1. The molecule has 0 saturated carbocycles. The van der Waals surface area contributed by atoms with Gasteiger partial charge in [0.05, 0.1) is 49.4 Å². The van der Waals surface area contributed by atoms with Gasteiger partial charge in [0.15, 0.2) is 5.65 Å². The first-order valence-electron chi connectivity index (χ1n) is 19.8. The molecule has 0 N–H and O–H groups in total. The second-order valence-corrected chi connectivity index (χ2v) is 136. The SMILES string of the molecule is Cc1cccc2ncnc(N3CCCCC3c3cc4nc5c(c(N6CCOCC6)n4n3)COCC5)c12.PP(P)P(P(P)P)P(P(P(P)P)P(P)P)P(P(P(P)P)P(P)P)P(P(P)P)P(P)P. The summed E-state index contributed by atoms with van der Waals surface area (Å²) in [6.45, 7) is 7.30. The van der Waals surface area contributed by atoms with Crippen LogP contribution in [0, 0.1) is 6.92 Å². The van der Waals surface area contributed by atoms with Gasteiger partial charge < -0.3 is 19.3 Å². The maximum atomic E-state index is 5.87. The Hall–Kier alpha value is 9.60. The molecule has 1 aromatic carbocycles. The fourth-order valence-corrected chi connectivity index (χ4v) is 406. The molecule has 3 aromatic heterocycles. The first-order chi connectivity index (χ1) is 31.3. The standard InChI is InChI=1S/C27H31N7O2.H32P30/c1-18-5-4-6-21-25(18)26(29-17-28-21)33-9-3-2-7-23(33)22-15-24-30-20-8-12-36-16-19(20)27(34(24)31-22)32-10-13-35-14-11-32;1-17(2)25(18(3)4)29(26(19(5)6)20(7)8)30(27(21(9)10)22(11)12)28(23(13)14)24(15)16/h4-6,15,17,23H,2-3,7-14,16H2,1H3;1-16H2. The summed E-state index contributed by atoms with van der Waals surface area (Å²) in [5.41, 5.74) is 6.47. The number of rotatable bonds is 16. The van der Waals surface area contributed by atoms with E-state index in [4.69, 9.17) is 24.5 Å². The Morgan fingerprint density at radius 1 is 0.621 bits per heavy atom. The number of piperidine rings is 1. The van der Waals surface area contributed by atoms with Gasteiger partial charge in [-0.15, -0.1) is 143 Å². The molecule has 17 atom stereocenters. The fourth-order valence-electron chi connectivity index (χ4n) is 7.66. The number of aromatic nitrogens is 5. The van der Waals surface area contributed by atoms with Crippen LogP contribution >= 0.6 is 241 Å². The molecule has 66 heavy (non-hydrogen) atoms. The normalized spacial score (nSPS) is 17.8. The first kappa shape index (κ1) is 64.8. The van der Waals surface area contributed by atoms with Crippen molar-refractivity contribution in [2.24, 2.45) is 0 Å². The maximum Gasteiger partial charge on any atom is 0.157 e. The Bertz CT molecular complexity index is 2070. The van der Waals surface area contributed by atoms with Crippen molar-refractivity contribution < 1.29 is 9.47 Å². The van der Waals surface area contributed by atoms with Gasteiger partial charge in [-0.05, 0) is 136 Å². The van der Waals surface area contributed by atoms with Crippen LogP contribution in [0.1, 0.15) is 47.8 Å². The van der Waals surface area contributed by atoms with Crippen LogP contribution in [-0.4, -0.2) is 64.0 Å². The molecule has 2 saturated heterocycles. The van der Waals surface area contributed by atoms with Crippen molar-refractivity contribution in [1.29, 1.82) is 0 Å². The highest BCUT2D eigenvalue weighted by molar-refractivity contribution is 9.44. The molecule has 4 aromatic rings. The van der Waals surface area contributed by atoms with Gasteiger partial charge in [0.1, 0.15) is 18.0 Å². The zero-order chi connectivity index (χ0) is 48.1. The van der Waals surface area contributed by atoms with Crippen LogP contribution in [0.3, 0.4) is 0 Å². The fraction of sp³-hybridized carbons (Fsp3) is 0.481. The van der Waals surface area contributed by atoms with Crippen LogP contribution in [0.2, 0.25) is 0 Å². The minimum Gasteiger partial charge on any atom is -0.378 e. The Labute approximate surface area is 446 Å². The van der Waals surface area contributed by atoms with Crippen molar-refractivity contribution in [3.63, 3.8) is 0 Å². The minimum atomic E-state index is -0.0585. The Kier molecular flexibility index (Phi) is 31.3. The number of anilines is 2. The summed E-state index contributed by atoms with van der Waals surface area (Å²) >= 11 is 0. The second-order valence-electron chi connectivity index (χ2n) is 14.6. The Morgan fingerprint density at radius 3 is 1.70 bits per heavy atom. The van der Waals surface area contributed by atoms with Crippen molar-refractivity contribution in [2.45, 2.75) is 45.3 Å². The van der Waals surface area contributed by atoms with Gasteiger partial charge in [-0.2, -0.15) is 9.61 Å². The van der Waals surface area contributed by atoms with E-state index in [9.17, 15) is 0 Å². The Balaban J connectivity index is 0.000000224. The second kappa shape index (κ2) is 31.9. The molecule has 368 valence electrons. The lowest BCUT2D eigenvalue weighted by atomic mass is 9.98. The lowest BCUT2D eigenvalue weighted by Crippen LogP contribution is -2.39. The van der Waals surface area contributed by atoms with Crippen molar-refractivity contribution >= 4 is 269 Å². The largest absolute Gasteiger partial charge is 0.378 e. The topological polar surface area (TPSA) is 80.9 Å². The van der Waals surface area contributed by atoms with Crippen LogP contribution in [0.25, 0.3) is 16.6 Å². The van der Waals surface area contributed by atoms with Crippen LogP contribution in [0.5, 0.6) is 0 Å². The number of morpholine rings is 1. The molecule has 9 nitrogen and oxygen atoms in total. The molecule has 2 fully saturated rings. The van der Waals surface area contributed by atoms with Gasteiger partial charge >= 0.3 is 0 Å². The average molecular weight is 1450 g/mol. The zero-order valence-electron chi connectivity index (χ0n) is 36.2. The summed E-state index contributed by atoms with van der Waals surface area (Å²) in [7, 11) is 52.6. The lowest BCUT2D eigenvalue weighted by Gasteiger charge is -2.52. The summed E-state index contributed by atoms with van der Waals surface area (Å²) in [6, 6.07) is 8.61. The number of fused-ring (bicyclic) bond motifs is 3. The number of nitrogens with zero attached hydrogens (tertiary/aromatic N) is 7. The summed E-state index contributed by atoms with van der Waals surface area (Å²) in [6.07, 6.45) is 5.89. The molecule has 39 heteroatoms. The number of hydrogen-bond donors (Lipinski definition) is 0. The van der Waals surface area contributed by atoms with Crippen LogP contribution < -0.4 is 9.80 Å². The highest BCUT2D eigenvalue weighted by Gasteiger charge is 2.51. The smallest absolute Gasteiger partial charge is 0.157 e. The van der Waals surface area contributed by atoms with E-state index in [1.165, 1.54) is 17.5 Å². The third-order valence-corrected chi connectivity index (χ3v) is 206. The molecule has 6 heterocycles. The van der Waals surface area contributed by atoms with E-state index >= 15 is 0 Å². The highest BCUT2D eigenvalue weighted by atomic mass is 33.5. The van der Waals surface area contributed by atoms with Crippen LogP contribution in [-0.2, 0) is 22.5 Å². The van der Waals surface area contributed by atoms with Gasteiger partial charge in [0.2, 0.25) is 0 Å². The van der Waals surface area contributed by atoms with Crippen molar-refractivity contribution in [2.75, 3.05) is 49.3 Å². The van der Waals surface area contributed by atoms with E-state index in [-0.39, 0.29) is 104 Å². The summed E-state index contributed by atoms with van der Waals surface area (Å²) in [4.78, 5) is 19.2. The molecule has 0 radical (unpaired) electrons. The molecule has 0 bridgehead atoms. The van der Waals surface area contributed by atoms with Gasteiger partial charge in [-0.1, -0.05) is 12.1 Å². The summed E-state index contributed by atoms with van der Waals surface area (Å²) < 4.78 is 13.6. The predicted octanol–water partition coefficient (Wildman–Crippen LogP) is 20.9. The van der Waals surface area contributed by atoms with E-state index in [2.05, 4.69) is 193 Å². The van der Waals surface area contributed by atoms with Crippen LogP contribution in [0.4, 0.5) is 11.6 Å².